The number of fused-ring (bicyclic) bond motifs is 1. The Hall–Kier alpha value is -2.21. The smallest absolute Gasteiger partial charge is 0.219 e. The lowest BCUT2D eigenvalue weighted by atomic mass is 9.90. The fraction of sp³-hybridized carbons (Fsp3) is 0.190. The normalized spacial score (nSPS) is 17.4. The van der Waals surface area contributed by atoms with Crippen LogP contribution in [0.2, 0.25) is 5.02 Å². The van der Waals surface area contributed by atoms with E-state index >= 15 is 0 Å². The molecule has 0 spiro atoms. The molecule has 0 radical (unpaired) electrons. The van der Waals surface area contributed by atoms with Crippen molar-refractivity contribution >= 4 is 21.6 Å². The van der Waals surface area contributed by atoms with E-state index in [1.165, 1.54) is 5.56 Å². The zero-order valence-electron chi connectivity index (χ0n) is 14.6. The standard InChI is InChI=1S/C21H19ClN2O2S/c22-20-8-4-2-6-18(20)15-27(25,26)24-14-11-16-5-1-3-7-19(16)21(24)17-9-12-23-13-10-17/h1-10,12-13,21H,11,14-15H2. The summed E-state index contributed by atoms with van der Waals surface area (Å²) in [5, 5.41) is 0.471. The van der Waals surface area contributed by atoms with Crippen LogP contribution in [0.5, 0.6) is 0 Å². The molecule has 0 saturated heterocycles. The average Bonchev–Trinajstić information content (AvgIpc) is 2.69. The Morgan fingerprint density at radius 1 is 1.00 bits per heavy atom. The van der Waals surface area contributed by atoms with E-state index in [-0.39, 0.29) is 11.8 Å². The van der Waals surface area contributed by atoms with Crippen LogP contribution in [0.4, 0.5) is 0 Å². The van der Waals surface area contributed by atoms with E-state index in [1.54, 1.807) is 34.9 Å². The van der Waals surface area contributed by atoms with E-state index in [0.29, 0.717) is 23.6 Å². The summed E-state index contributed by atoms with van der Waals surface area (Å²) in [5.74, 6) is -0.115. The fourth-order valence-corrected chi connectivity index (χ4v) is 5.65. The Bertz CT molecular complexity index is 1050. The van der Waals surface area contributed by atoms with E-state index < -0.39 is 10.0 Å². The Morgan fingerprint density at radius 3 is 2.48 bits per heavy atom. The van der Waals surface area contributed by atoms with Crippen molar-refractivity contribution in [2.75, 3.05) is 6.54 Å². The molecule has 0 aliphatic carbocycles. The van der Waals surface area contributed by atoms with Crippen molar-refractivity contribution in [2.24, 2.45) is 0 Å². The third-order valence-corrected chi connectivity index (χ3v) is 7.07. The van der Waals surface area contributed by atoms with Crippen LogP contribution in [0.25, 0.3) is 0 Å². The van der Waals surface area contributed by atoms with Crippen molar-refractivity contribution in [3.63, 3.8) is 0 Å². The SMILES string of the molecule is O=S(=O)(Cc1ccccc1Cl)N1CCc2ccccc2C1c1ccncc1. The molecule has 0 fully saturated rings. The largest absolute Gasteiger partial charge is 0.265 e. The molecule has 2 heterocycles. The van der Waals surface area contributed by atoms with E-state index in [1.807, 2.05) is 36.4 Å². The van der Waals surface area contributed by atoms with Crippen LogP contribution in [0.15, 0.2) is 73.1 Å². The van der Waals surface area contributed by atoms with E-state index in [0.717, 1.165) is 11.1 Å². The predicted molar refractivity (Wildman–Crippen MR) is 107 cm³/mol. The number of benzene rings is 2. The number of rotatable bonds is 4. The zero-order chi connectivity index (χ0) is 18.9. The second-order valence-corrected chi connectivity index (χ2v) is 8.92. The number of hydrogen-bond acceptors (Lipinski definition) is 3. The monoisotopic (exact) mass is 398 g/mol. The van der Waals surface area contributed by atoms with E-state index in [2.05, 4.69) is 11.1 Å². The molecular formula is C21H19ClN2O2S. The fourth-order valence-electron chi connectivity index (χ4n) is 3.63. The van der Waals surface area contributed by atoms with Crippen LogP contribution in [-0.4, -0.2) is 24.3 Å². The van der Waals surface area contributed by atoms with Crippen LogP contribution in [-0.2, 0) is 22.2 Å². The summed E-state index contributed by atoms with van der Waals surface area (Å²) < 4.78 is 28.3. The van der Waals surface area contributed by atoms with Gasteiger partial charge in [0, 0.05) is 24.0 Å². The Morgan fingerprint density at radius 2 is 1.70 bits per heavy atom. The van der Waals surface area contributed by atoms with Gasteiger partial charge in [0.2, 0.25) is 10.0 Å². The molecule has 6 heteroatoms. The van der Waals surface area contributed by atoms with Crippen molar-refractivity contribution in [3.05, 3.63) is 100 Å². The van der Waals surface area contributed by atoms with Crippen LogP contribution in [0.1, 0.15) is 28.3 Å². The summed E-state index contributed by atoms with van der Waals surface area (Å²) in [7, 11) is -3.57. The first-order valence-electron chi connectivity index (χ1n) is 8.77. The lowest BCUT2D eigenvalue weighted by Crippen LogP contribution is -2.41. The maximum Gasteiger partial charge on any atom is 0.219 e. The summed E-state index contributed by atoms with van der Waals surface area (Å²) in [6, 6.07) is 18.5. The van der Waals surface area contributed by atoms with Crippen LogP contribution in [0, 0.1) is 0 Å². The van der Waals surface area contributed by atoms with Crippen molar-refractivity contribution < 1.29 is 8.42 Å². The third-order valence-electron chi connectivity index (χ3n) is 4.91. The van der Waals surface area contributed by atoms with Gasteiger partial charge in [0.15, 0.2) is 0 Å². The molecule has 1 aliphatic rings. The van der Waals surface area contributed by atoms with Crippen LogP contribution >= 0.6 is 11.6 Å². The Labute approximate surface area is 164 Å². The Balaban J connectivity index is 1.78. The van der Waals surface area contributed by atoms with Gasteiger partial charge >= 0.3 is 0 Å². The Kier molecular flexibility index (Phi) is 5.00. The molecule has 4 nitrogen and oxygen atoms in total. The second kappa shape index (κ2) is 7.43. The molecule has 1 atom stereocenters. The second-order valence-electron chi connectivity index (χ2n) is 6.59. The highest BCUT2D eigenvalue weighted by molar-refractivity contribution is 7.88. The number of hydrogen-bond donors (Lipinski definition) is 0. The minimum atomic E-state index is -3.57. The first kappa shape index (κ1) is 18.2. The lowest BCUT2D eigenvalue weighted by molar-refractivity contribution is 0.343. The van der Waals surface area contributed by atoms with Gasteiger partial charge in [-0.25, -0.2) is 8.42 Å². The third kappa shape index (κ3) is 3.63. The maximum atomic E-state index is 13.4. The first-order valence-corrected chi connectivity index (χ1v) is 10.8. The lowest BCUT2D eigenvalue weighted by Gasteiger charge is -2.36. The number of sulfonamides is 1. The van der Waals surface area contributed by atoms with Gasteiger partial charge in [0.05, 0.1) is 11.8 Å². The molecule has 0 amide bonds. The van der Waals surface area contributed by atoms with Gasteiger partial charge in [-0.05, 0) is 46.9 Å². The van der Waals surface area contributed by atoms with Crippen molar-refractivity contribution in [3.8, 4) is 0 Å². The highest BCUT2D eigenvalue weighted by Gasteiger charge is 2.36. The van der Waals surface area contributed by atoms with E-state index in [9.17, 15) is 8.42 Å². The summed E-state index contributed by atoms with van der Waals surface area (Å²) in [6.07, 6.45) is 4.09. The van der Waals surface area contributed by atoms with Crippen molar-refractivity contribution in [1.82, 2.24) is 9.29 Å². The molecule has 1 aromatic heterocycles. The number of halogens is 1. The summed E-state index contributed by atoms with van der Waals surface area (Å²) in [6.45, 7) is 0.441. The maximum absolute atomic E-state index is 13.4. The predicted octanol–water partition coefficient (Wildman–Crippen LogP) is 4.21. The molecule has 1 aliphatic heterocycles. The molecule has 3 aromatic rings. The quantitative estimate of drug-likeness (QED) is 0.661. The first-order chi connectivity index (χ1) is 13.1. The van der Waals surface area contributed by atoms with Gasteiger partial charge < -0.3 is 0 Å². The molecule has 4 rings (SSSR count). The minimum absolute atomic E-state index is 0.115. The number of pyridine rings is 1. The summed E-state index contributed by atoms with van der Waals surface area (Å²) in [5.41, 5.74) is 3.74. The van der Waals surface area contributed by atoms with Crippen LogP contribution < -0.4 is 0 Å². The van der Waals surface area contributed by atoms with Gasteiger partial charge in [-0.15, -0.1) is 0 Å². The molecular weight excluding hydrogens is 380 g/mol. The average molecular weight is 399 g/mol. The van der Waals surface area contributed by atoms with Crippen molar-refractivity contribution in [1.29, 1.82) is 0 Å². The topological polar surface area (TPSA) is 50.3 Å². The highest BCUT2D eigenvalue weighted by Crippen LogP contribution is 2.37. The minimum Gasteiger partial charge on any atom is -0.265 e. The van der Waals surface area contributed by atoms with Gasteiger partial charge in [-0.3, -0.25) is 4.98 Å². The van der Waals surface area contributed by atoms with Gasteiger partial charge in [-0.1, -0.05) is 54.1 Å². The zero-order valence-corrected chi connectivity index (χ0v) is 16.2. The van der Waals surface area contributed by atoms with E-state index in [4.69, 9.17) is 11.6 Å². The number of aromatic nitrogens is 1. The summed E-state index contributed by atoms with van der Waals surface area (Å²) in [4.78, 5) is 4.08. The van der Waals surface area contributed by atoms with Gasteiger partial charge in [0.1, 0.15) is 0 Å². The number of nitrogens with zero attached hydrogens (tertiary/aromatic N) is 2. The molecule has 0 bridgehead atoms. The van der Waals surface area contributed by atoms with Crippen molar-refractivity contribution in [2.45, 2.75) is 18.2 Å². The molecule has 1 unspecified atom stereocenters. The molecule has 2 aromatic carbocycles. The molecule has 0 saturated carbocycles. The van der Waals surface area contributed by atoms with Gasteiger partial charge in [-0.2, -0.15) is 4.31 Å². The molecule has 27 heavy (non-hydrogen) atoms. The molecule has 138 valence electrons. The van der Waals surface area contributed by atoms with Gasteiger partial charge in [0.25, 0.3) is 0 Å². The summed E-state index contributed by atoms with van der Waals surface area (Å²) >= 11 is 6.21. The molecule has 0 N–H and O–H groups in total. The highest BCUT2D eigenvalue weighted by atomic mass is 35.5. The van der Waals surface area contributed by atoms with Crippen LogP contribution in [0.3, 0.4) is 0 Å².